The average Bonchev–Trinajstić information content (AvgIpc) is 2.62. The number of nitro benzene ring substituents is 1. The summed E-state index contributed by atoms with van der Waals surface area (Å²) in [6.45, 7) is 1.63. The van der Waals surface area contributed by atoms with Crippen LogP contribution in [0.5, 0.6) is 0 Å². The fourth-order valence-electron chi connectivity index (χ4n) is 2.31. The van der Waals surface area contributed by atoms with Crippen molar-refractivity contribution in [2.75, 3.05) is 18.0 Å². The highest BCUT2D eigenvalue weighted by Gasteiger charge is 2.26. The van der Waals surface area contributed by atoms with Crippen molar-refractivity contribution in [2.24, 2.45) is 0 Å². The zero-order valence-electron chi connectivity index (χ0n) is 13.9. The molecule has 0 N–H and O–H groups in total. The van der Waals surface area contributed by atoms with Gasteiger partial charge in [-0.25, -0.2) is 13.2 Å². The molecule has 0 heterocycles. The van der Waals surface area contributed by atoms with Gasteiger partial charge in [0.05, 0.1) is 33.2 Å². The third kappa shape index (κ3) is 3.78. The molecule has 0 saturated carbocycles. The van der Waals surface area contributed by atoms with Crippen LogP contribution in [0, 0.1) is 10.1 Å². The molecule has 0 aliphatic rings. The largest absolute Gasteiger partial charge is 0.465 e. The molecule has 0 amide bonds. The minimum atomic E-state index is -4.09. The van der Waals surface area contributed by atoms with Crippen molar-refractivity contribution in [2.45, 2.75) is 11.8 Å². The maximum Gasteiger partial charge on any atom is 0.339 e. The van der Waals surface area contributed by atoms with Gasteiger partial charge < -0.3 is 4.74 Å². The summed E-state index contributed by atoms with van der Waals surface area (Å²) >= 11 is 5.96. The van der Waals surface area contributed by atoms with E-state index in [1.54, 1.807) is 6.92 Å². The van der Waals surface area contributed by atoms with E-state index in [-0.39, 0.29) is 33.4 Å². The quantitative estimate of drug-likeness (QED) is 0.420. The minimum Gasteiger partial charge on any atom is -0.465 e. The fourth-order valence-corrected chi connectivity index (χ4v) is 4.01. The highest BCUT2D eigenvalue weighted by molar-refractivity contribution is 7.92. The molecule has 2 aromatic rings. The predicted octanol–water partition coefficient (Wildman–Crippen LogP) is 3.25. The van der Waals surface area contributed by atoms with E-state index in [1.165, 1.54) is 43.5 Å². The van der Waals surface area contributed by atoms with Crippen molar-refractivity contribution in [3.8, 4) is 0 Å². The summed E-state index contributed by atoms with van der Waals surface area (Å²) in [6.07, 6.45) is 0. The van der Waals surface area contributed by atoms with Gasteiger partial charge in [0, 0.05) is 18.7 Å². The minimum absolute atomic E-state index is 0.0133. The Morgan fingerprint density at radius 2 is 1.96 bits per heavy atom. The van der Waals surface area contributed by atoms with Gasteiger partial charge in [0.25, 0.3) is 15.7 Å². The molecular weight excluding hydrogens is 384 g/mol. The van der Waals surface area contributed by atoms with Crippen molar-refractivity contribution in [1.82, 2.24) is 0 Å². The number of carbonyl (C=O) groups is 1. The first-order chi connectivity index (χ1) is 12.2. The molecule has 0 radical (unpaired) electrons. The number of hydrogen-bond acceptors (Lipinski definition) is 6. The predicted molar refractivity (Wildman–Crippen MR) is 96.1 cm³/mol. The number of nitro groups is 1. The lowest BCUT2D eigenvalue weighted by Crippen LogP contribution is -2.31. The number of anilines is 1. The van der Waals surface area contributed by atoms with Crippen molar-refractivity contribution >= 4 is 39.0 Å². The number of halogens is 1. The van der Waals surface area contributed by atoms with Crippen LogP contribution in [0.1, 0.15) is 17.3 Å². The van der Waals surface area contributed by atoms with Gasteiger partial charge >= 0.3 is 5.97 Å². The normalized spacial score (nSPS) is 11.0. The van der Waals surface area contributed by atoms with Crippen LogP contribution >= 0.6 is 11.6 Å². The summed E-state index contributed by atoms with van der Waals surface area (Å²) in [5.41, 5.74) is -0.142. The summed E-state index contributed by atoms with van der Waals surface area (Å²) in [6, 6.07) is 8.86. The summed E-state index contributed by atoms with van der Waals surface area (Å²) in [4.78, 5) is 21.8. The first-order valence-corrected chi connectivity index (χ1v) is 9.19. The molecule has 0 bridgehead atoms. The van der Waals surface area contributed by atoms with E-state index in [2.05, 4.69) is 4.74 Å². The second kappa shape index (κ2) is 7.71. The Bertz CT molecular complexity index is 961. The van der Waals surface area contributed by atoms with Crippen LogP contribution in [-0.2, 0) is 14.8 Å². The molecule has 10 heteroatoms. The number of sulfonamides is 1. The highest BCUT2D eigenvalue weighted by Crippen LogP contribution is 2.29. The Hall–Kier alpha value is -2.65. The molecular formula is C16H15ClN2O6S. The number of carbonyl (C=O) groups excluding carboxylic acids is 1. The third-order valence-electron chi connectivity index (χ3n) is 3.55. The highest BCUT2D eigenvalue weighted by atomic mass is 35.5. The molecule has 2 aromatic carbocycles. The van der Waals surface area contributed by atoms with E-state index in [1.807, 2.05) is 0 Å². The molecule has 0 unspecified atom stereocenters. The lowest BCUT2D eigenvalue weighted by atomic mass is 10.2. The average molecular weight is 399 g/mol. The number of methoxy groups -OCH3 is 1. The van der Waals surface area contributed by atoms with Gasteiger partial charge in [-0.3, -0.25) is 14.4 Å². The zero-order valence-corrected chi connectivity index (χ0v) is 15.5. The number of benzene rings is 2. The maximum atomic E-state index is 12.9. The standard InChI is InChI=1S/C16H15ClN2O6S/c1-3-18(11-7-8-15(17)14(10-11)16(20)25-2)26(23,24)13-6-4-5-12(9-13)19(21)22/h4-10H,3H2,1-2H3. The molecule has 8 nitrogen and oxygen atoms in total. The summed E-state index contributed by atoms with van der Waals surface area (Å²) in [5, 5.41) is 11.0. The number of ether oxygens (including phenoxy) is 1. The number of rotatable bonds is 6. The monoisotopic (exact) mass is 398 g/mol. The van der Waals surface area contributed by atoms with Crippen molar-refractivity contribution < 1.29 is 22.9 Å². The molecule has 0 aliphatic heterocycles. The maximum absolute atomic E-state index is 12.9. The van der Waals surface area contributed by atoms with Gasteiger partial charge in [-0.05, 0) is 31.2 Å². The second-order valence-electron chi connectivity index (χ2n) is 5.08. The fraction of sp³-hybridized carbons (Fsp3) is 0.188. The third-order valence-corrected chi connectivity index (χ3v) is 5.78. The van der Waals surface area contributed by atoms with Crippen molar-refractivity contribution in [3.05, 3.63) is 63.2 Å². The van der Waals surface area contributed by atoms with E-state index in [0.717, 1.165) is 10.4 Å². The number of non-ortho nitro benzene ring substituents is 1. The van der Waals surface area contributed by atoms with E-state index in [0.29, 0.717) is 0 Å². The van der Waals surface area contributed by atoms with Gasteiger partial charge in [0.1, 0.15) is 0 Å². The Kier molecular flexibility index (Phi) is 5.83. The van der Waals surface area contributed by atoms with E-state index >= 15 is 0 Å². The van der Waals surface area contributed by atoms with E-state index < -0.39 is 20.9 Å². The van der Waals surface area contributed by atoms with Crippen LogP contribution in [0.25, 0.3) is 0 Å². The molecule has 0 saturated heterocycles. The van der Waals surface area contributed by atoms with Crippen LogP contribution in [0.15, 0.2) is 47.4 Å². The van der Waals surface area contributed by atoms with Gasteiger partial charge in [-0.1, -0.05) is 17.7 Å². The molecule has 0 fully saturated rings. The van der Waals surface area contributed by atoms with E-state index in [9.17, 15) is 23.3 Å². The first kappa shape index (κ1) is 19.7. The smallest absolute Gasteiger partial charge is 0.339 e. The first-order valence-electron chi connectivity index (χ1n) is 7.37. The van der Waals surface area contributed by atoms with Gasteiger partial charge in [0.15, 0.2) is 0 Å². The lowest BCUT2D eigenvalue weighted by molar-refractivity contribution is -0.385. The number of nitrogens with zero attached hydrogens (tertiary/aromatic N) is 2. The second-order valence-corrected chi connectivity index (χ2v) is 7.35. The number of hydrogen-bond donors (Lipinski definition) is 0. The molecule has 0 spiro atoms. The molecule has 0 atom stereocenters. The summed E-state index contributed by atoms with van der Waals surface area (Å²) < 4.78 is 31.5. The SMILES string of the molecule is CCN(c1ccc(Cl)c(C(=O)OC)c1)S(=O)(=O)c1cccc([N+](=O)[O-])c1. The van der Waals surface area contributed by atoms with E-state index in [4.69, 9.17) is 11.6 Å². The van der Waals surface area contributed by atoms with Crippen LogP contribution in [0.3, 0.4) is 0 Å². The molecule has 0 aromatic heterocycles. The Morgan fingerprint density at radius 1 is 1.27 bits per heavy atom. The van der Waals surface area contributed by atoms with Crippen LogP contribution in [0.2, 0.25) is 5.02 Å². The Labute approximate surface area is 155 Å². The van der Waals surface area contributed by atoms with Gasteiger partial charge in [-0.15, -0.1) is 0 Å². The van der Waals surface area contributed by atoms with Crippen LogP contribution in [0.4, 0.5) is 11.4 Å². The van der Waals surface area contributed by atoms with Gasteiger partial charge in [0.2, 0.25) is 0 Å². The summed E-state index contributed by atoms with van der Waals surface area (Å²) in [5.74, 6) is -0.708. The zero-order chi connectivity index (χ0) is 19.5. The Morgan fingerprint density at radius 3 is 2.54 bits per heavy atom. The van der Waals surface area contributed by atoms with Gasteiger partial charge in [-0.2, -0.15) is 0 Å². The van der Waals surface area contributed by atoms with Crippen LogP contribution in [-0.4, -0.2) is 33.0 Å². The molecule has 2 rings (SSSR count). The van der Waals surface area contributed by atoms with Crippen molar-refractivity contribution in [3.63, 3.8) is 0 Å². The lowest BCUT2D eigenvalue weighted by Gasteiger charge is -2.23. The molecule has 138 valence electrons. The molecule has 26 heavy (non-hydrogen) atoms. The number of esters is 1. The topological polar surface area (TPSA) is 107 Å². The van der Waals surface area contributed by atoms with Crippen molar-refractivity contribution in [1.29, 1.82) is 0 Å². The summed E-state index contributed by atoms with van der Waals surface area (Å²) in [7, 11) is -2.91. The Balaban J connectivity index is 2.55. The van der Waals surface area contributed by atoms with Crippen LogP contribution < -0.4 is 4.31 Å². The molecule has 0 aliphatic carbocycles.